The number of carbonyl (C=O) groups excluding carboxylic acids is 2. The summed E-state index contributed by atoms with van der Waals surface area (Å²) in [5.74, 6) is 0.942. The highest BCUT2D eigenvalue weighted by Crippen LogP contribution is 2.53. The fraction of sp³-hybridized carbons (Fsp3) is 0.524. The van der Waals surface area contributed by atoms with Crippen LogP contribution in [-0.2, 0) is 15.0 Å². The van der Waals surface area contributed by atoms with Crippen LogP contribution in [0.25, 0.3) is 0 Å². The van der Waals surface area contributed by atoms with Crippen LogP contribution in [0.2, 0.25) is 0 Å². The SMILES string of the molecule is C#C[C@H](CC(N)=O)NC(=O)[C@@H]1CCCN1C(O)C1(c2ccc(OC(F)(F)F)cc2)CC1. The third-order valence-electron chi connectivity index (χ3n) is 5.78. The highest BCUT2D eigenvalue weighted by atomic mass is 19.4. The fourth-order valence-electron chi connectivity index (χ4n) is 4.12. The number of terminal acetylenes is 1. The number of nitrogens with one attached hydrogen (secondary N) is 1. The minimum Gasteiger partial charge on any atom is -0.406 e. The van der Waals surface area contributed by atoms with Crippen molar-refractivity contribution in [3.63, 3.8) is 0 Å². The summed E-state index contributed by atoms with van der Waals surface area (Å²) in [4.78, 5) is 25.5. The van der Waals surface area contributed by atoms with E-state index in [1.54, 1.807) is 4.90 Å². The van der Waals surface area contributed by atoms with Gasteiger partial charge in [0.05, 0.1) is 18.5 Å². The molecular weight excluding hydrogens is 415 g/mol. The molecule has 10 heteroatoms. The predicted octanol–water partition coefficient (Wildman–Crippen LogP) is 1.39. The summed E-state index contributed by atoms with van der Waals surface area (Å²) in [5, 5.41) is 13.7. The highest BCUT2D eigenvalue weighted by Gasteiger charge is 2.54. The Morgan fingerprint density at radius 3 is 2.52 bits per heavy atom. The molecule has 31 heavy (non-hydrogen) atoms. The van der Waals surface area contributed by atoms with E-state index in [2.05, 4.69) is 16.0 Å². The fourth-order valence-corrected chi connectivity index (χ4v) is 4.12. The van der Waals surface area contributed by atoms with E-state index in [1.807, 2.05) is 0 Å². The Kier molecular flexibility index (Phi) is 6.48. The van der Waals surface area contributed by atoms with Crippen molar-refractivity contribution in [3.8, 4) is 18.1 Å². The average Bonchev–Trinajstić information content (AvgIpc) is 3.34. The zero-order chi connectivity index (χ0) is 22.8. The Hall–Kier alpha value is -2.77. The molecule has 0 bridgehead atoms. The molecule has 1 aliphatic heterocycles. The van der Waals surface area contributed by atoms with E-state index in [1.165, 1.54) is 24.3 Å². The van der Waals surface area contributed by atoms with E-state index in [0.717, 1.165) is 0 Å². The largest absolute Gasteiger partial charge is 0.573 e. The van der Waals surface area contributed by atoms with Crippen molar-refractivity contribution in [2.45, 2.75) is 62.2 Å². The average molecular weight is 439 g/mol. The Morgan fingerprint density at radius 1 is 1.35 bits per heavy atom. The summed E-state index contributed by atoms with van der Waals surface area (Å²) >= 11 is 0. The first-order valence-corrected chi connectivity index (χ1v) is 9.90. The van der Waals surface area contributed by atoms with Gasteiger partial charge in [0.15, 0.2) is 0 Å². The number of aliphatic hydroxyl groups excluding tert-OH is 1. The summed E-state index contributed by atoms with van der Waals surface area (Å²) < 4.78 is 41.0. The first-order valence-electron chi connectivity index (χ1n) is 9.90. The van der Waals surface area contributed by atoms with Crippen LogP contribution in [0.4, 0.5) is 13.2 Å². The smallest absolute Gasteiger partial charge is 0.406 e. The molecule has 7 nitrogen and oxygen atoms in total. The molecule has 0 aromatic heterocycles. The van der Waals surface area contributed by atoms with Gasteiger partial charge in [0.2, 0.25) is 11.8 Å². The number of alkyl halides is 3. The molecule has 2 amide bonds. The lowest BCUT2D eigenvalue weighted by molar-refractivity contribution is -0.274. The maximum Gasteiger partial charge on any atom is 0.573 e. The second-order valence-corrected chi connectivity index (χ2v) is 7.90. The summed E-state index contributed by atoms with van der Waals surface area (Å²) in [5.41, 5.74) is 5.15. The third-order valence-corrected chi connectivity index (χ3v) is 5.78. The first-order chi connectivity index (χ1) is 14.6. The molecule has 168 valence electrons. The number of nitrogens with two attached hydrogens (primary N) is 1. The van der Waals surface area contributed by atoms with Crippen molar-refractivity contribution in [3.05, 3.63) is 29.8 Å². The number of hydrogen-bond donors (Lipinski definition) is 3. The van der Waals surface area contributed by atoms with Crippen LogP contribution in [0.15, 0.2) is 24.3 Å². The van der Waals surface area contributed by atoms with Crippen LogP contribution < -0.4 is 15.8 Å². The normalized spacial score (nSPS) is 22.2. The number of likely N-dealkylation sites (tertiary alicyclic amines) is 1. The first kappa shape index (κ1) is 22.9. The second kappa shape index (κ2) is 8.77. The molecule has 1 heterocycles. The van der Waals surface area contributed by atoms with Gasteiger partial charge in [-0.25, -0.2) is 0 Å². The lowest BCUT2D eigenvalue weighted by atomic mass is 9.92. The molecule has 1 aromatic carbocycles. The van der Waals surface area contributed by atoms with E-state index >= 15 is 0 Å². The molecule has 3 rings (SSSR count). The molecule has 2 fully saturated rings. The van der Waals surface area contributed by atoms with Crippen LogP contribution in [0, 0.1) is 12.3 Å². The minimum absolute atomic E-state index is 0.187. The van der Waals surface area contributed by atoms with Gasteiger partial charge in [-0.3, -0.25) is 14.5 Å². The van der Waals surface area contributed by atoms with E-state index in [4.69, 9.17) is 12.2 Å². The third kappa shape index (κ3) is 5.29. The standard InChI is InChI=1S/C21H24F3N3O4/c1-2-14(12-17(25)28)26-18(29)16-4-3-11-27(16)19(30)20(9-10-20)13-5-7-15(8-6-13)31-21(22,23)24/h1,5-8,14,16,19,30H,3-4,9-12H2,(H2,25,28)(H,26,29)/t14-,16+,19?/m1/s1. The van der Waals surface area contributed by atoms with Gasteiger partial charge in [-0.05, 0) is 43.4 Å². The number of aliphatic hydroxyl groups is 1. The number of ether oxygens (including phenoxy) is 1. The molecule has 2 aliphatic rings. The number of nitrogens with zero attached hydrogens (tertiary/aromatic N) is 1. The second-order valence-electron chi connectivity index (χ2n) is 7.90. The van der Waals surface area contributed by atoms with Gasteiger partial charge in [-0.2, -0.15) is 0 Å². The summed E-state index contributed by atoms with van der Waals surface area (Å²) in [6, 6.07) is 3.97. The zero-order valence-electron chi connectivity index (χ0n) is 16.7. The van der Waals surface area contributed by atoms with E-state index < -0.39 is 41.9 Å². The summed E-state index contributed by atoms with van der Waals surface area (Å²) in [6.45, 7) is 0.479. The molecule has 1 aliphatic carbocycles. The highest BCUT2D eigenvalue weighted by molar-refractivity contribution is 5.84. The van der Waals surface area contributed by atoms with Crippen LogP contribution in [-0.4, -0.2) is 53.0 Å². The van der Waals surface area contributed by atoms with Gasteiger partial charge in [0, 0.05) is 12.0 Å². The van der Waals surface area contributed by atoms with Gasteiger partial charge in [-0.1, -0.05) is 18.1 Å². The Balaban J connectivity index is 1.71. The quantitative estimate of drug-likeness (QED) is 0.531. The monoisotopic (exact) mass is 439 g/mol. The van der Waals surface area contributed by atoms with Crippen molar-refractivity contribution < 1.29 is 32.6 Å². The van der Waals surface area contributed by atoms with E-state index in [-0.39, 0.29) is 12.2 Å². The van der Waals surface area contributed by atoms with Crippen LogP contribution >= 0.6 is 0 Å². The Bertz CT molecular complexity index is 862. The van der Waals surface area contributed by atoms with Gasteiger partial charge in [0.25, 0.3) is 0 Å². The maximum absolute atomic E-state index is 12.7. The molecule has 1 aromatic rings. The van der Waals surface area contributed by atoms with Gasteiger partial charge in [0.1, 0.15) is 12.0 Å². The molecule has 1 unspecified atom stereocenters. The number of primary amides is 1. The number of benzene rings is 1. The number of hydrogen-bond acceptors (Lipinski definition) is 5. The van der Waals surface area contributed by atoms with Crippen LogP contribution in [0.1, 0.15) is 37.7 Å². The Labute approximate surface area is 177 Å². The molecule has 4 N–H and O–H groups in total. The van der Waals surface area contributed by atoms with Gasteiger partial charge >= 0.3 is 6.36 Å². The van der Waals surface area contributed by atoms with Crippen molar-refractivity contribution in [2.24, 2.45) is 5.73 Å². The molecular formula is C21H24F3N3O4. The van der Waals surface area contributed by atoms with Crippen LogP contribution in [0.5, 0.6) is 5.75 Å². The maximum atomic E-state index is 12.7. The summed E-state index contributed by atoms with van der Waals surface area (Å²) in [6.07, 6.45) is 1.84. The number of carbonyl (C=O) groups is 2. The van der Waals surface area contributed by atoms with Crippen molar-refractivity contribution in [1.82, 2.24) is 10.2 Å². The number of halogens is 3. The molecule has 0 radical (unpaired) electrons. The minimum atomic E-state index is -4.78. The molecule has 1 saturated carbocycles. The van der Waals surface area contributed by atoms with Crippen molar-refractivity contribution in [1.29, 1.82) is 0 Å². The van der Waals surface area contributed by atoms with Crippen molar-refractivity contribution >= 4 is 11.8 Å². The van der Waals surface area contributed by atoms with Gasteiger partial charge < -0.3 is 20.9 Å². The molecule has 1 saturated heterocycles. The predicted molar refractivity (Wildman–Crippen MR) is 104 cm³/mol. The van der Waals surface area contributed by atoms with E-state index in [0.29, 0.717) is 37.8 Å². The Morgan fingerprint density at radius 2 is 2.00 bits per heavy atom. The molecule has 3 atom stereocenters. The van der Waals surface area contributed by atoms with Crippen LogP contribution in [0.3, 0.4) is 0 Å². The zero-order valence-corrected chi connectivity index (χ0v) is 16.7. The summed E-state index contributed by atoms with van der Waals surface area (Å²) in [7, 11) is 0. The molecule has 0 spiro atoms. The number of rotatable bonds is 8. The van der Waals surface area contributed by atoms with Gasteiger partial charge in [-0.15, -0.1) is 19.6 Å². The number of amides is 2. The lowest BCUT2D eigenvalue weighted by Crippen LogP contribution is -2.53. The van der Waals surface area contributed by atoms with Crippen molar-refractivity contribution in [2.75, 3.05) is 6.54 Å². The topological polar surface area (TPSA) is 105 Å². The lowest BCUT2D eigenvalue weighted by Gasteiger charge is -2.35. The van der Waals surface area contributed by atoms with E-state index in [9.17, 15) is 27.9 Å².